The van der Waals surface area contributed by atoms with Crippen LogP contribution in [0.3, 0.4) is 0 Å². The van der Waals surface area contributed by atoms with E-state index < -0.39 is 0 Å². The number of fused-ring (bicyclic) bond motifs is 1. The molecule has 1 aromatic rings. The summed E-state index contributed by atoms with van der Waals surface area (Å²) >= 11 is 0. The zero-order valence-electron chi connectivity index (χ0n) is 13.3. The van der Waals surface area contributed by atoms with Gasteiger partial charge in [0.15, 0.2) is 0 Å². The second-order valence-electron chi connectivity index (χ2n) is 7.52. The molecule has 1 aromatic carbocycles. The molecule has 1 aliphatic heterocycles. The van der Waals surface area contributed by atoms with Crippen LogP contribution in [0, 0.1) is 16.7 Å². The largest absolute Gasteiger partial charge is 0.397 e. The van der Waals surface area contributed by atoms with Gasteiger partial charge in [-0.05, 0) is 40.9 Å². The molecule has 4 heteroatoms. The van der Waals surface area contributed by atoms with E-state index in [0.717, 1.165) is 35.6 Å². The van der Waals surface area contributed by atoms with Gasteiger partial charge in [0.1, 0.15) is 0 Å². The zero-order valence-corrected chi connectivity index (χ0v) is 13.3. The van der Waals surface area contributed by atoms with Crippen molar-refractivity contribution in [3.8, 4) is 0 Å². The van der Waals surface area contributed by atoms with Crippen molar-refractivity contribution in [3.05, 3.63) is 17.7 Å². The Kier molecular flexibility index (Phi) is 2.98. The molecule has 1 fully saturated rings. The molecule has 0 bridgehead atoms. The van der Waals surface area contributed by atoms with Gasteiger partial charge in [0.05, 0.1) is 11.4 Å². The first kappa shape index (κ1) is 14.2. The molecule has 1 amide bonds. The average molecular weight is 287 g/mol. The first-order valence-electron chi connectivity index (χ1n) is 7.69. The van der Waals surface area contributed by atoms with Crippen molar-refractivity contribution in [2.24, 2.45) is 16.7 Å². The van der Waals surface area contributed by atoms with Crippen molar-refractivity contribution in [2.75, 3.05) is 22.9 Å². The van der Waals surface area contributed by atoms with Crippen molar-refractivity contribution in [2.45, 2.75) is 40.5 Å². The van der Waals surface area contributed by atoms with E-state index in [1.54, 1.807) is 0 Å². The predicted octanol–water partition coefficient (Wildman–Crippen LogP) is 3.25. The Morgan fingerprint density at radius 1 is 1.24 bits per heavy atom. The van der Waals surface area contributed by atoms with Crippen LogP contribution >= 0.6 is 0 Å². The third kappa shape index (κ3) is 2.17. The summed E-state index contributed by atoms with van der Waals surface area (Å²) in [4.78, 5) is 11.5. The number of hydrogen-bond donors (Lipinski definition) is 3. The first-order valence-corrected chi connectivity index (χ1v) is 7.69. The fourth-order valence-electron chi connectivity index (χ4n) is 3.66. The number of rotatable bonds is 3. The van der Waals surface area contributed by atoms with E-state index in [4.69, 9.17) is 5.73 Å². The summed E-state index contributed by atoms with van der Waals surface area (Å²) in [5.41, 5.74) is 10.6. The van der Waals surface area contributed by atoms with E-state index in [9.17, 15) is 4.79 Å². The van der Waals surface area contributed by atoms with E-state index in [2.05, 4.69) is 38.3 Å². The number of hydrogen-bond acceptors (Lipinski definition) is 3. The quantitative estimate of drug-likeness (QED) is 0.748. The molecule has 0 saturated heterocycles. The van der Waals surface area contributed by atoms with Crippen molar-refractivity contribution < 1.29 is 4.79 Å². The van der Waals surface area contributed by atoms with Gasteiger partial charge in [0.25, 0.3) is 0 Å². The van der Waals surface area contributed by atoms with Crippen molar-refractivity contribution in [3.63, 3.8) is 0 Å². The van der Waals surface area contributed by atoms with Crippen LogP contribution in [0.15, 0.2) is 12.1 Å². The van der Waals surface area contributed by atoms with Crippen LogP contribution in [0.2, 0.25) is 0 Å². The van der Waals surface area contributed by atoms with Crippen LogP contribution in [0.4, 0.5) is 17.1 Å². The lowest BCUT2D eigenvalue weighted by atomic mass is 10.0. The molecule has 4 N–H and O–H groups in total. The summed E-state index contributed by atoms with van der Waals surface area (Å²) in [6, 6.07) is 3.96. The van der Waals surface area contributed by atoms with Crippen LogP contribution in [-0.4, -0.2) is 12.5 Å². The molecule has 0 radical (unpaired) electrons. The van der Waals surface area contributed by atoms with Gasteiger partial charge in [-0.1, -0.05) is 27.7 Å². The number of anilines is 3. The van der Waals surface area contributed by atoms with E-state index in [1.165, 1.54) is 0 Å². The molecule has 0 aromatic heterocycles. The van der Waals surface area contributed by atoms with Gasteiger partial charge in [-0.25, -0.2) is 0 Å². The molecule has 0 atom stereocenters. The third-order valence-electron chi connectivity index (χ3n) is 5.99. The van der Waals surface area contributed by atoms with Gasteiger partial charge in [0, 0.05) is 18.7 Å². The minimum Gasteiger partial charge on any atom is -0.397 e. The van der Waals surface area contributed by atoms with E-state index in [-0.39, 0.29) is 5.91 Å². The number of nitrogens with two attached hydrogens (primary N) is 1. The Morgan fingerprint density at radius 2 is 1.90 bits per heavy atom. The van der Waals surface area contributed by atoms with Crippen LogP contribution in [0.1, 0.15) is 39.7 Å². The normalized spacial score (nSPS) is 22.4. The molecule has 2 aliphatic rings. The van der Waals surface area contributed by atoms with Gasteiger partial charge < -0.3 is 16.4 Å². The van der Waals surface area contributed by atoms with E-state index in [0.29, 0.717) is 23.2 Å². The first-order chi connectivity index (χ1) is 9.73. The molecule has 114 valence electrons. The van der Waals surface area contributed by atoms with Gasteiger partial charge in [0.2, 0.25) is 5.91 Å². The minimum atomic E-state index is 0.0858. The van der Waals surface area contributed by atoms with Crippen LogP contribution in [-0.2, 0) is 11.2 Å². The zero-order chi connectivity index (χ0) is 15.4. The topological polar surface area (TPSA) is 67.1 Å². The molecule has 21 heavy (non-hydrogen) atoms. The van der Waals surface area contributed by atoms with Gasteiger partial charge in [-0.2, -0.15) is 0 Å². The summed E-state index contributed by atoms with van der Waals surface area (Å²) in [6.45, 7) is 10.2. The minimum absolute atomic E-state index is 0.0858. The number of benzene rings is 1. The summed E-state index contributed by atoms with van der Waals surface area (Å²) in [5.74, 6) is 0.720. The van der Waals surface area contributed by atoms with Crippen LogP contribution < -0.4 is 16.4 Å². The highest BCUT2D eigenvalue weighted by Crippen LogP contribution is 2.68. The van der Waals surface area contributed by atoms with Crippen LogP contribution in [0.25, 0.3) is 0 Å². The number of amides is 1. The lowest BCUT2D eigenvalue weighted by Crippen LogP contribution is -2.20. The maximum atomic E-state index is 11.5. The van der Waals surface area contributed by atoms with Crippen LogP contribution in [0.5, 0.6) is 0 Å². The third-order valence-corrected chi connectivity index (χ3v) is 5.99. The Labute approximate surface area is 126 Å². The molecule has 1 aliphatic carbocycles. The van der Waals surface area contributed by atoms with E-state index >= 15 is 0 Å². The molecule has 0 unspecified atom stereocenters. The highest BCUT2D eigenvalue weighted by atomic mass is 16.1. The Hall–Kier alpha value is -1.71. The fraction of sp³-hybridized carbons (Fsp3) is 0.588. The maximum absolute atomic E-state index is 11.5. The maximum Gasteiger partial charge on any atom is 0.224 e. The molecular formula is C17H25N3O. The highest BCUT2D eigenvalue weighted by Gasteiger charge is 2.64. The summed E-state index contributed by atoms with van der Waals surface area (Å²) in [7, 11) is 0. The number of nitrogen functional groups attached to an aromatic ring is 1. The fourth-order valence-corrected chi connectivity index (χ4v) is 3.66. The molecule has 1 saturated carbocycles. The van der Waals surface area contributed by atoms with Crippen molar-refractivity contribution >= 4 is 23.0 Å². The Morgan fingerprint density at radius 3 is 2.52 bits per heavy atom. The second-order valence-corrected chi connectivity index (χ2v) is 7.52. The summed E-state index contributed by atoms with van der Waals surface area (Å²) in [6.07, 6.45) is 1.32. The number of carbonyl (C=O) groups excluding carboxylic acids is 1. The molecule has 3 rings (SSSR count). The summed E-state index contributed by atoms with van der Waals surface area (Å²) in [5, 5.41) is 6.40. The van der Waals surface area contributed by atoms with Crippen molar-refractivity contribution in [1.29, 1.82) is 0 Å². The molecule has 4 nitrogen and oxygen atoms in total. The van der Waals surface area contributed by atoms with Gasteiger partial charge in [-0.3, -0.25) is 4.79 Å². The van der Waals surface area contributed by atoms with Crippen molar-refractivity contribution in [1.82, 2.24) is 0 Å². The lowest BCUT2D eigenvalue weighted by Gasteiger charge is -2.20. The SMILES string of the molecule is CC1(C)C(CNc2cc3c(cc2N)CCC(=O)N3)C1(C)C. The molecule has 0 spiro atoms. The smallest absolute Gasteiger partial charge is 0.224 e. The number of carbonyl (C=O) groups is 1. The average Bonchev–Trinajstić information content (AvgIpc) is 2.78. The monoisotopic (exact) mass is 287 g/mol. The predicted molar refractivity (Wildman–Crippen MR) is 87.3 cm³/mol. The Bertz CT molecular complexity index is 590. The molecule has 1 heterocycles. The highest BCUT2D eigenvalue weighted by molar-refractivity contribution is 5.95. The second kappa shape index (κ2) is 4.39. The van der Waals surface area contributed by atoms with E-state index in [1.807, 2.05) is 12.1 Å². The summed E-state index contributed by atoms with van der Waals surface area (Å²) < 4.78 is 0. The standard InChI is InChI=1S/C17H25N3O/c1-16(2)14(17(16,3)4)9-19-13-8-12-10(7-11(13)18)5-6-15(21)20-12/h7-8,14,19H,5-6,9,18H2,1-4H3,(H,20,21). The molecular weight excluding hydrogens is 262 g/mol. The number of aryl methyl sites for hydroxylation is 1. The Balaban J connectivity index is 1.75. The van der Waals surface area contributed by atoms with Gasteiger partial charge >= 0.3 is 0 Å². The number of nitrogens with one attached hydrogen (secondary N) is 2. The van der Waals surface area contributed by atoms with Gasteiger partial charge in [-0.15, -0.1) is 0 Å². The lowest BCUT2D eigenvalue weighted by molar-refractivity contribution is -0.116.